The van der Waals surface area contributed by atoms with E-state index in [0.29, 0.717) is 12.2 Å². The van der Waals surface area contributed by atoms with E-state index in [1.807, 2.05) is 6.92 Å². The zero-order valence-electron chi connectivity index (χ0n) is 11.2. The third-order valence-electron chi connectivity index (χ3n) is 2.73. The van der Waals surface area contributed by atoms with E-state index in [-0.39, 0.29) is 12.7 Å². The molecule has 0 aromatic heterocycles. The second kappa shape index (κ2) is 9.69. The van der Waals surface area contributed by atoms with Gasteiger partial charge in [-0.3, -0.25) is 0 Å². The van der Waals surface area contributed by atoms with E-state index in [0.717, 1.165) is 52.1 Å². The van der Waals surface area contributed by atoms with Crippen LogP contribution in [0.1, 0.15) is 32.6 Å². The van der Waals surface area contributed by atoms with Crippen LogP contribution < -0.4 is 0 Å². The van der Waals surface area contributed by atoms with E-state index in [1.165, 1.54) is 0 Å². The zero-order chi connectivity index (χ0) is 13.2. The Morgan fingerprint density at radius 3 is 2.11 bits per heavy atom. The van der Waals surface area contributed by atoms with Crippen LogP contribution in [0, 0.1) is 0 Å². The molecule has 0 radical (unpaired) electrons. The Kier molecular flexibility index (Phi) is 8.54. The van der Waals surface area contributed by atoms with Crippen molar-refractivity contribution in [2.45, 2.75) is 50.9 Å². The molecular weight excluding hydrogens is 236 g/mol. The normalized spacial score (nSPS) is 26.2. The van der Waals surface area contributed by atoms with Gasteiger partial charge in [0, 0.05) is 6.61 Å². The molecule has 5 nitrogen and oxygen atoms in total. The van der Waals surface area contributed by atoms with Gasteiger partial charge in [0.1, 0.15) is 12.2 Å². The van der Waals surface area contributed by atoms with Crippen molar-refractivity contribution in [2.75, 3.05) is 33.0 Å². The summed E-state index contributed by atoms with van der Waals surface area (Å²) < 4.78 is 15.1. The average Bonchev–Trinajstić information content (AvgIpc) is 3.21. The molecule has 2 rings (SSSR count). The molecule has 2 heterocycles. The first-order chi connectivity index (χ1) is 8.76. The van der Waals surface area contributed by atoms with E-state index in [9.17, 15) is 0 Å². The molecule has 3 unspecified atom stereocenters. The molecule has 2 aliphatic rings. The molecule has 0 aromatic rings. The highest BCUT2D eigenvalue weighted by molar-refractivity contribution is 4.71. The Bertz CT molecular complexity index is 180. The maximum atomic E-state index is 9.07. The largest absolute Gasteiger partial charge is 0.396 e. The van der Waals surface area contributed by atoms with Gasteiger partial charge in [0.25, 0.3) is 0 Å². The Labute approximate surface area is 109 Å². The van der Waals surface area contributed by atoms with Gasteiger partial charge in [-0.25, -0.2) is 0 Å². The summed E-state index contributed by atoms with van der Waals surface area (Å²) in [6.45, 7) is 5.50. The molecule has 108 valence electrons. The molecule has 0 amide bonds. The molecule has 0 saturated carbocycles. The van der Waals surface area contributed by atoms with Crippen LogP contribution >= 0.6 is 0 Å². The summed E-state index contributed by atoms with van der Waals surface area (Å²) in [5.74, 6) is 0. The van der Waals surface area contributed by atoms with Crippen molar-refractivity contribution in [3.05, 3.63) is 0 Å². The van der Waals surface area contributed by atoms with Crippen LogP contribution in [-0.4, -0.2) is 61.6 Å². The minimum absolute atomic E-state index is 0.192. The third kappa shape index (κ3) is 9.79. The van der Waals surface area contributed by atoms with Crippen molar-refractivity contribution in [2.24, 2.45) is 0 Å². The predicted octanol–water partition coefficient (Wildman–Crippen LogP) is 0.720. The number of ether oxygens (including phenoxy) is 3. The lowest BCUT2D eigenvalue weighted by Crippen LogP contribution is -2.06. The third-order valence-corrected chi connectivity index (χ3v) is 2.73. The lowest BCUT2D eigenvalue weighted by Gasteiger charge is -2.05. The Hall–Kier alpha value is -0.200. The van der Waals surface area contributed by atoms with Crippen molar-refractivity contribution in [3.63, 3.8) is 0 Å². The van der Waals surface area contributed by atoms with Gasteiger partial charge >= 0.3 is 0 Å². The quantitative estimate of drug-likeness (QED) is 0.599. The van der Waals surface area contributed by atoms with Gasteiger partial charge in [-0.15, -0.1) is 0 Å². The zero-order valence-corrected chi connectivity index (χ0v) is 11.2. The average molecular weight is 262 g/mol. The lowest BCUT2D eigenvalue weighted by atomic mass is 10.1. The molecule has 0 aromatic carbocycles. The smallest absolute Gasteiger partial charge is 0.104 e. The molecule has 0 aliphatic carbocycles. The molecule has 2 N–H and O–H groups in total. The van der Waals surface area contributed by atoms with Crippen LogP contribution in [0.3, 0.4) is 0 Å². The van der Waals surface area contributed by atoms with Crippen molar-refractivity contribution in [1.29, 1.82) is 0 Å². The summed E-state index contributed by atoms with van der Waals surface area (Å²) >= 11 is 0. The van der Waals surface area contributed by atoms with Gasteiger partial charge in [-0.05, 0) is 19.3 Å². The predicted molar refractivity (Wildman–Crippen MR) is 67.5 cm³/mol. The summed E-state index contributed by atoms with van der Waals surface area (Å²) in [7, 11) is 0. The Morgan fingerprint density at radius 1 is 1.17 bits per heavy atom. The van der Waals surface area contributed by atoms with E-state index in [1.54, 1.807) is 0 Å². The number of hydrogen-bond donors (Lipinski definition) is 2. The van der Waals surface area contributed by atoms with Crippen LogP contribution in [0.15, 0.2) is 0 Å². The molecule has 0 bridgehead atoms. The van der Waals surface area contributed by atoms with Crippen LogP contribution in [0.5, 0.6) is 0 Å². The number of hydrogen-bond acceptors (Lipinski definition) is 5. The van der Waals surface area contributed by atoms with E-state index in [2.05, 4.69) is 0 Å². The first-order valence-corrected chi connectivity index (χ1v) is 6.86. The summed E-state index contributed by atoms with van der Waals surface area (Å²) in [4.78, 5) is 0. The summed E-state index contributed by atoms with van der Waals surface area (Å²) in [6.07, 6.45) is 3.94. The first-order valence-electron chi connectivity index (χ1n) is 6.86. The number of aliphatic hydroxyl groups excluding tert-OH is 2. The molecule has 5 heteroatoms. The fraction of sp³-hybridized carbons (Fsp3) is 1.00. The van der Waals surface area contributed by atoms with E-state index in [4.69, 9.17) is 24.4 Å². The van der Waals surface area contributed by atoms with Crippen molar-refractivity contribution >= 4 is 0 Å². The van der Waals surface area contributed by atoms with Gasteiger partial charge in [-0.2, -0.15) is 0 Å². The van der Waals surface area contributed by atoms with Gasteiger partial charge in [0.2, 0.25) is 0 Å². The SMILES string of the molecule is C(OCC1CO1)C1CO1.CCCC(O)CCCO. The standard InChI is InChI=1S/C7H16O2.C6H10O3/c1-2-4-7(9)5-3-6-8;1(5-3-8-5)7-2-6-4-9-6/h7-9H,2-6H2,1H3;5-6H,1-4H2. The fourth-order valence-electron chi connectivity index (χ4n) is 1.46. The maximum absolute atomic E-state index is 9.07. The maximum Gasteiger partial charge on any atom is 0.104 e. The van der Waals surface area contributed by atoms with Gasteiger partial charge in [-0.1, -0.05) is 13.3 Å². The Morgan fingerprint density at radius 2 is 1.72 bits per heavy atom. The number of rotatable bonds is 9. The van der Waals surface area contributed by atoms with Gasteiger partial charge in [0.05, 0.1) is 32.5 Å². The van der Waals surface area contributed by atoms with Crippen molar-refractivity contribution in [3.8, 4) is 0 Å². The minimum atomic E-state index is -0.192. The monoisotopic (exact) mass is 262 g/mol. The molecule has 2 saturated heterocycles. The van der Waals surface area contributed by atoms with Crippen molar-refractivity contribution in [1.82, 2.24) is 0 Å². The second-order valence-electron chi connectivity index (χ2n) is 4.76. The van der Waals surface area contributed by atoms with Crippen LogP contribution in [0.25, 0.3) is 0 Å². The minimum Gasteiger partial charge on any atom is -0.396 e. The van der Waals surface area contributed by atoms with Crippen LogP contribution in [-0.2, 0) is 14.2 Å². The molecule has 18 heavy (non-hydrogen) atoms. The van der Waals surface area contributed by atoms with Crippen LogP contribution in [0.2, 0.25) is 0 Å². The molecule has 2 fully saturated rings. The summed E-state index contributed by atoms with van der Waals surface area (Å²) in [5.41, 5.74) is 0. The van der Waals surface area contributed by atoms with E-state index >= 15 is 0 Å². The highest BCUT2D eigenvalue weighted by atomic mass is 16.6. The van der Waals surface area contributed by atoms with E-state index < -0.39 is 0 Å². The molecular formula is C13H26O5. The van der Waals surface area contributed by atoms with Crippen LogP contribution in [0.4, 0.5) is 0 Å². The Balaban J connectivity index is 0.000000180. The summed E-state index contributed by atoms with van der Waals surface area (Å²) in [5, 5.41) is 17.4. The number of aliphatic hydroxyl groups is 2. The first kappa shape index (κ1) is 15.9. The lowest BCUT2D eigenvalue weighted by molar-refractivity contribution is 0.102. The van der Waals surface area contributed by atoms with Gasteiger partial charge < -0.3 is 24.4 Å². The van der Waals surface area contributed by atoms with Crippen molar-refractivity contribution < 1.29 is 24.4 Å². The molecule has 0 spiro atoms. The highest BCUT2D eigenvalue weighted by Crippen LogP contribution is 2.12. The topological polar surface area (TPSA) is 74.8 Å². The highest BCUT2D eigenvalue weighted by Gasteiger charge is 2.26. The second-order valence-corrected chi connectivity index (χ2v) is 4.76. The fourth-order valence-corrected chi connectivity index (χ4v) is 1.46. The van der Waals surface area contributed by atoms with Gasteiger partial charge in [0.15, 0.2) is 0 Å². The number of epoxide rings is 2. The molecule has 3 atom stereocenters. The summed E-state index contributed by atoms with van der Waals surface area (Å²) in [6, 6.07) is 0. The molecule has 2 aliphatic heterocycles.